The van der Waals surface area contributed by atoms with Gasteiger partial charge >= 0.3 is 0 Å². The Bertz CT molecular complexity index is 390. The monoisotopic (exact) mass is 283 g/mol. The van der Waals surface area contributed by atoms with Gasteiger partial charge in [-0.25, -0.2) is 4.98 Å². The number of halogens is 1. The average Bonchev–Trinajstić information content (AvgIpc) is 2.50. The first-order chi connectivity index (χ1) is 7.49. The Labute approximate surface area is 105 Å². The third-order valence-electron chi connectivity index (χ3n) is 3.45. The zero-order chi connectivity index (χ0) is 11.8. The Balaban J connectivity index is 2.15. The van der Waals surface area contributed by atoms with Gasteiger partial charge in [-0.15, -0.1) is 0 Å². The summed E-state index contributed by atoms with van der Waals surface area (Å²) in [5.41, 5.74) is 6.97. The molecule has 0 radical (unpaired) electrons. The van der Waals surface area contributed by atoms with Crippen LogP contribution >= 0.6 is 15.9 Å². The van der Waals surface area contributed by atoms with Gasteiger partial charge in [0, 0.05) is 16.7 Å². The van der Waals surface area contributed by atoms with Crippen LogP contribution < -0.4 is 11.1 Å². The van der Waals surface area contributed by atoms with E-state index in [0.717, 1.165) is 10.3 Å². The standard InChI is InChI=1S/C12H18BrN3/c1-12(2)5-3-4-10(12)16-11-9(14)6-8(13)7-15-11/h6-7,10H,3-5,14H2,1-2H3,(H,15,16). The van der Waals surface area contributed by atoms with Crippen LogP contribution in [-0.2, 0) is 0 Å². The van der Waals surface area contributed by atoms with Crippen LogP contribution in [0, 0.1) is 5.41 Å². The molecule has 0 amide bonds. The highest BCUT2D eigenvalue weighted by Gasteiger charge is 2.34. The van der Waals surface area contributed by atoms with E-state index < -0.39 is 0 Å². The molecule has 4 heteroatoms. The fourth-order valence-corrected chi connectivity index (χ4v) is 2.68. The second kappa shape index (κ2) is 4.24. The Morgan fingerprint density at radius 2 is 2.31 bits per heavy atom. The Hall–Kier alpha value is -0.770. The fraction of sp³-hybridized carbons (Fsp3) is 0.583. The maximum atomic E-state index is 5.93. The van der Waals surface area contributed by atoms with Crippen molar-refractivity contribution in [1.82, 2.24) is 4.98 Å². The van der Waals surface area contributed by atoms with Crippen LogP contribution in [-0.4, -0.2) is 11.0 Å². The van der Waals surface area contributed by atoms with Crippen LogP contribution in [0.2, 0.25) is 0 Å². The summed E-state index contributed by atoms with van der Waals surface area (Å²) >= 11 is 3.36. The van der Waals surface area contributed by atoms with Gasteiger partial charge in [0.1, 0.15) is 5.82 Å². The van der Waals surface area contributed by atoms with Gasteiger partial charge in [0.15, 0.2) is 0 Å². The van der Waals surface area contributed by atoms with Crippen molar-refractivity contribution in [3.63, 3.8) is 0 Å². The molecule has 3 N–H and O–H groups in total. The summed E-state index contributed by atoms with van der Waals surface area (Å²) in [7, 11) is 0. The van der Waals surface area contributed by atoms with E-state index in [1.807, 2.05) is 6.07 Å². The first-order valence-corrected chi connectivity index (χ1v) is 6.46. The van der Waals surface area contributed by atoms with Gasteiger partial charge in [-0.3, -0.25) is 0 Å². The molecule has 1 atom stereocenters. The second-order valence-corrected chi connectivity index (χ2v) is 6.08. The van der Waals surface area contributed by atoms with Gasteiger partial charge in [-0.05, 0) is 40.3 Å². The molecule has 1 aliphatic carbocycles. The molecule has 88 valence electrons. The molecule has 1 unspecified atom stereocenters. The minimum absolute atomic E-state index is 0.335. The lowest BCUT2D eigenvalue weighted by atomic mass is 9.87. The van der Waals surface area contributed by atoms with Crippen LogP contribution in [0.15, 0.2) is 16.7 Å². The predicted molar refractivity (Wildman–Crippen MR) is 71.4 cm³/mol. The van der Waals surface area contributed by atoms with Crippen LogP contribution in [0.4, 0.5) is 11.5 Å². The number of nitrogens with two attached hydrogens (primary N) is 1. The van der Waals surface area contributed by atoms with Gasteiger partial charge in [0.05, 0.1) is 5.69 Å². The summed E-state index contributed by atoms with van der Waals surface area (Å²) in [6, 6.07) is 2.36. The maximum Gasteiger partial charge on any atom is 0.149 e. The number of hydrogen-bond acceptors (Lipinski definition) is 3. The molecule has 1 aliphatic rings. The molecule has 0 spiro atoms. The Morgan fingerprint density at radius 1 is 1.56 bits per heavy atom. The van der Waals surface area contributed by atoms with E-state index >= 15 is 0 Å². The number of nitrogens with one attached hydrogen (secondary N) is 1. The lowest BCUT2D eigenvalue weighted by molar-refractivity contribution is 0.349. The molecule has 1 aromatic rings. The summed E-state index contributed by atoms with van der Waals surface area (Å²) in [5.74, 6) is 0.808. The zero-order valence-electron chi connectivity index (χ0n) is 9.76. The Morgan fingerprint density at radius 3 is 2.88 bits per heavy atom. The molecule has 0 aromatic carbocycles. The van der Waals surface area contributed by atoms with E-state index in [1.165, 1.54) is 19.3 Å². The van der Waals surface area contributed by atoms with Crippen molar-refractivity contribution < 1.29 is 0 Å². The average molecular weight is 284 g/mol. The summed E-state index contributed by atoms with van der Waals surface area (Å²) in [6.45, 7) is 4.60. The maximum absolute atomic E-state index is 5.93. The number of nitrogen functional groups attached to an aromatic ring is 1. The molecule has 2 rings (SSSR count). The van der Waals surface area contributed by atoms with Crippen LogP contribution in [0.3, 0.4) is 0 Å². The largest absolute Gasteiger partial charge is 0.396 e. The normalized spacial score (nSPS) is 23.3. The lowest BCUT2D eigenvalue weighted by Crippen LogP contribution is -2.31. The lowest BCUT2D eigenvalue weighted by Gasteiger charge is -2.28. The number of nitrogens with zero attached hydrogens (tertiary/aromatic N) is 1. The van der Waals surface area contributed by atoms with Crippen molar-refractivity contribution in [1.29, 1.82) is 0 Å². The zero-order valence-corrected chi connectivity index (χ0v) is 11.3. The third kappa shape index (κ3) is 2.32. The number of pyridine rings is 1. The molecule has 1 saturated carbocycles. The molecule has 1 aromatic heterocycles. The second-order valence-electron chi connectivity index (χ2n) is 5.17. The molecular formula is C12H18BrN3. The molecule has 1 heterocycles. The molecule has 0 bridgehead atoms. The molecule has 1 fully saturated rings. The molecule has 3 nitrogen and oxygen atoms in total. The van der Waals surface area contributed by atoms with Crippen molar-refractivity contribution in [2.24, 2.45) is 5.41 Å². The molecule has 0 saturated heterocycles. The van der Waals surface area contributed by atoms with Crippen molar-refractivity contribution >= 4 is 27.4 Å². The minimum Gasteiger partial charge on any atom is -0.396 e. The van der Waals surface area contributed by atoms with Gasteiger partial charge in [-0.1, -0.05) is 20.3 Å². The smallest absolute Gasteiger partial charge is 0.149 e. The number of hydrogen-bond donors (Lipinski definition) is 2. The van der Waals surface area contributed by atoms with Crippen LogP contribution in [0.1, 0.15) is 33.1 Å². The number of rotatable bonds is 2. The number of anilines is 2. The van der Waals surface area contributed by atoms with Crippen LogP contribution in [0.25, 0.3) is 0 Å². The van der Waals surface area contributed by atoms with Crippen molar-refractivity contribution in [2.45, 2.75) is 39.2 Å². The van der Waals surface area contributed by atoms with Crippen LogP contribution in [0.5, 0.6) is 0 Å². The summed E-state index contributed by atoms with van der Waals surface area (Å²) < 4.78 is 0.918. The predicted octanol–water partition coefficient (Wildman–Crippen LogP) is 3.42. The fourth-order valence-electron chi connectivity index (χ4n) is 2.33. The summed E-state index contributed by atoms with van der Waals surface area (Å²) in [4.78, 5) is 4.32. The highest BCUT2D eigenvalue weighted by Crippen LogP contribution is 2.39. The van der Waals surface area contributed by atoms with Crippen molar-refractivity contribution in [3.8, 4) is 0 Å². The quantitative estimate of drug-likeness (QED) is 0.875. The van der Waals surface area contributed by atoms with E-state index in [2.05, 4.69) is 40.1 Å². The van der Waals surface area contributed by atoms with Gasteiger partial charge in [-0.2, -0.15) is 0 Å². The first kappa shape index (κ1) is 11.7. The van der Waals surface area contributed by atoms with Crippen molar-refractivity contribution in [2.75, 3.05) is 11.1 Å². The number of aromatic nitrogens is 1. The SMILES string of the molecule is CC1(C)CCCC1Nc1ncc(Br)cc1N. The first-order valence-electron chi connectivity index (χ1n) is 5.66. The molecule has 0 aliphatic heterocycles. The summed E-state index contributed by atoms with van der Waals surface area (Å²) in [6.07, 6.45) is 5.52. The molecular weight excluding hydrogens is 266 g/mol. The minimum atomic E-state index is 0.335. The van der Waals surface area contributed by atoms with E-state index in [0.29, 0.717) is 17.1 Å². The highest BCUT2D eigenvalue weighted by atomic mass is 79.9. The Kier molecular flexibility index (Phi) is 3.10. The van der Waals surface area contributed by atoms with Gasteiger partial charge in [0.2, 0.25) is 0 Å². The van der Waals surface area contributed by atoms with Gasteiger partial charge in [0.25, 0.3) is 0 Å². The van der Waals surface area contributed by atoms with E-state index in [-0.39, 0.29) is 0 Å². The van der Waals surface area contributed by atoms with E-state index in [1.54, 1.807) is 6.20 Å². The van der Waals surface area contributed by atoms with E-state index in [4.69, 9.17) is 5.73 Å². The van der Waals surface area contributed by atoms with Gasteiger partial charge < -0.3 is 11.1 Å². The topological polar surface area (TPSA) is 50.9 Å². The third-order valence-corrected chi connectivity index (χ3v) is 3.89. The highest BCUT2D eigenvalue weighted by molar-refractivity contribution is 9.10. The van der Waals surface area contributed by atoms with Crippen molar-refractivity contribution in [3.05, 3.63) is 16.7 Å². The molecule has 16 heavy (non-hydrogen) atoms. The summed E-state index contributed by atoms with van der Waals surface area (Å²) in [5, 5.41) is 3.47. The van der Waals surface area contributed by atoms with E-state index in [9.17, 15) is 0 Å².